The van der Waals surface area contributed by atoms with Gasteiger partial charge in [0.15, 0.2) is 5.96 Å². The van der Waals surface area contributed by atoms with Gasteiger partial charge < -0.3 is 31.8 Å². The van der Waals surface area contributed by atoms with E-state index in [1.807, 2.05) is 0 Å². The second-order valence-electron chi connectivity index (χ2n) is 7.60. The van der Waals surface area contributed by atoms with E-state index in [-0.39, 0.29) is 50.0 Å². The first kappa shape index (κ1) is 35.3. The molecule has 0 heterocycles. The number of aliphatic hydroxyl groups excluding tert-OH is 1. The lowest BCUT2D eigenvalue weighted by atomic mass is 10.1. The van der Waals surface area contributed by atoms with Gasteiger partial charge in [0.2, 0.25) is 0 Å². The standard InChI is InChI=1S/C21H42N4O5.2ClH/c1-2-3-4-5-6-7-8-9-10-13-19(27)29-15-17(26)16-30-20(28)18(22)12-11-14-25-21(23)24;;/h17-18,26H,2-16,22H2,1H3,(H4,23,24,25);2*1H. The topological polar surface area (TPSA) is 163 Å². The molecule has 7 N–H and O–H groups in total. The summed E-state index contributed by atoms with van der Waals surface area (Å²) in [5.74, 6) is -0.985. The molecule has 11 heteroatoms. The third-order valence-corrected chi connectivity index (χ3v) is 4.61. The minimum absolute atomic E-state index is 0. The lowest BCUT2D eigenvalue weighted by Gasteiger charge is -2.14. The number of guanidine groups is 1. The van der Waals surface area contributed by atoms with E-state index < -0.39 is 18.1 Å². The summed E-state index contributed by atoms with van der Waals surface area (Å²) in [5, 5.41) is 9.79. The molecule has 2 atom stereocenters. The van der Waals surface area contributed by atoms with Gasteiger partial charge in [-0.3, -0.25) is 14.6 Å². The monoisotopic (exact) mass is 502 g/mol. The number of rotatable bonds is 19. The summed E-state index contributed by atoms with van der Waals surface area (Å²) in [6.45, 7) is 2.11. The Bertz CT molecular complexity index is 495. The summed E-state index contributed by atoms with van der Waals surface area (Å²) in [7, 11) is 0. The van der Waals surface area contributed by atoms with E-state index in [9.17, 15) is 14.7 Å². The first-order valence-corrected chi connectivity index (χ1v) is 11.2. The molecule has 0 saturated carbocycles. The Morgan fingerprint density at radius 2 is 1.41 bits per heavy atom. The largest absolute Gasteiger partial charge is 0.463 e. The molecule has 0 rings (SSSR count). The highest BCUT2D eigenvalue weighted by Crippen LogP contribution is 2.10. The fourth-order valence-electron chi connectivity index (χ4n) is 2.81. The van der Waals surface area contributed by atoms with Gasteiger partial charge in [0.25, 0.3) is 0 Å². The third-order valence-electron chi connectivity index (χ3n) is 4.61. The van der Waals surface area contributed by atoms with Crippen LogP contribution in [0.2, 0.25) is 0 Å². The summed E-state index contributed by atoms with van der Waals surface area (Å²) in [6.07, 6.45) is 10.7. The van der Waals surface area contributed by atoms with Crippen LogP contribution >= 0.6 is 24.8 Å². The van der Waals surface area contributed by atoms with E-state index >= 15 is 0 Å². The number of nitrogens with zero attached hydrogens (tertiary/aromatic N) is 1. The number of aliphatic imine (C=N–C) groups is 1. The minimum Gasteiger partial charge on any atom is -0.463 e. The zero-order valence-corrected chi connectivity index (χ0v) is 21.0. The van der Waals surface area contributed by atoms with Gasteiger partial charge in [0.1, 0.15) is 25.4 Å². The van der Waals surface area contributed by atoms with Crippen LogP contribution in [0.25, 0.3) is 0 Å². The van der Waals surface area contributed by atoms with Crippen molar-refractivity contribution in [3.8, 4) is 0 Å². The highest BCUT2D eigenvalue weighted by Gasteiger charge is 2.17. The number of nitrogens with two attached hydrogens (primary N) is 3. The molecule has 0 fully saturated rings. The molecule has 0 aromatic rings. The van der Waals surface area contributed by atoms with Crippen LogP contribution in [-0.4, -0.2) is 54.9 Å². The van der Waals surface area contributed by atoms with E-state index in [1.165, 1.54) is 38.5 Å². The molecular formula is C21H44Cl2N4O5. The van der Waals surface area contributed by atoms with Crippen molar-refractivity contribution in [1.29, 1.82) is 0 Å². The number of unbranched alkanes of at least 4 members (excludes halogenated alkanes) is 8. The van der Waals surface area contributed by atoms with Crippen molar-refractivity contribution < 1.29 is 24.2 Å². The molecule has 2 unspecified atom stereocenters. The molecule has 0 amide bonds. The quantitative estimate of drug-likeness (QED) is 0.0904. The molecule has 0 aliphatic carbocycles. The molecule has 192 valence electrons. The van der Waals surface area contributed by atoms with Crippen molar-refractivity contribution in [3.05, 3.63) is 0 Å². The van der Waals surface area contributed by atoms with Gasteiger partial charge >= 0.3 is 11.9 Å². The summed E-state index contributed by atoms with van der Waals surface area (Å²) < 4.78 is 9.97. The van der Waals surface area contributed by atoms with Gasteiger partial charge in [-0.2, -0.15) is 0 Å². The van der Waals surface area contributed by atoms with Crippen molar-refractivity contribution in [2.24, 2.45) is 22.2 Å². The molecule has 0 aliphatic rings. The van der Waals surface area contributed by atoms with Crippen LogP contribution in [0, 0.1) is 0 Å². The van der Waals surface area contributed by atoms with E-state index in [0.29, 0.717) is 25.8 Å². The second-order valence-corrected chi connectivity index (χ2v) is 7.60. The average molecular weight is 504 g/mol. The van der Waals surface area contributed by atoms with E-state index in [1.54, 1.807) is 0 Å². The second kappa shape index (κ2) is 24.4. The van der Waals surface area contributed by atoms with Crippen LogP contribution in [-0.2, 0) is 19.1 Å². The zero-order valence-electron chi connectivity index (χ0n) is 19.3. The average Bonchev–Trinajstić information content (AvgIpc) is 2.71. The first-order valence-electron chi connectivity index (χ1n) is 11.2. The number of carbonyl (C=O) groups is 2. The maximum atomic E-state index is 11.8. The predicted molar refractivity (Wildman–Crippen MR) is 132 cm³/mol. The third kappa shape index (κ3) is 23.4. The maximum absolute atomic E-state index is 11.8. The Hall–Kier alpha value is -1.29. The Morgan fingerprint density at radius 1 is 0.875 bits per heavy atom. The van der Waals surface area contributed by atoms with Crippen LogP contribution in [0.1, 0.15) is 84.0 Å². The van der Waals surface area contributed by atoms with E-state index in [0.717, 1.165) is 19.3 Å². The van der Waals surface area contributed by atoms with Crippen LogP contribution in [0.3, 0.4) is 0 Å². The van der Waals surface area contributed by atoms with Gasteiger partial charge in [-0.1, -0.05) is 58.3 Å². The lowest BCUT2D eigenvalue weighted by molar-refractivity contribution is -0.153. The molecule has 0 saturated heterocycles. The molecule has 0 spiro atoms. The van der Waals surface area contributed by atoms with Crippen LogP contribution < -0.4 is 17.2 Å². The Labute approximate surface area is 205 Å². The van der Waals surface area contributed by atoms with Crippen LogP contribution in [0.5, 0.6) is 0 Å². The number of ether oxygens (including phenoxy) is 2. The zero-order chi connectivity index (χ0) is 22.6. The highest BCUT2D eigenvalue weighted by molar-refractivity contribution is 5.85. The first-order chi connectivity index (χ1) is 14.4. The normalized spacial score (nSPS) is 12.0. The molecule has 0 bridgehead atoms. The Balaban J connectivity index is -0.00000420. The predicted octanol–water partition coefficient (Wildman–Crippen LogP) is 2.58. The van der Waals surface area contributed by atoms with Crippen molar-refractivity contribution in [1.82, 2.24) is 0 Å². The number of aliphatic hydroxyl groups is 1. The van der Waals surface area contributed by atoms with Crippen LogP contribution in [0.4, 0.5) is 0 Å². The van der Waals surface area contributed by atoms with Crippen molar-refractivity contribution in [2.75, 3.05) is 19.8 Å². The molecule has 0 aromatic carbocycles. The maximum Gasteiger partial charge on any atom is 0.323 e. The van der Waals surface area contributed by atoms with Gasteiger partial charge in [-0.25, -0.2) is 0 Å². The summed E-state index contributed by atoms with van der Waals surface area (Å²) in [5.41, 5.74) is 16.1. The Morgan fingerprint density at radius 3 is 1.97 bits per heavy atom. The molecule has 0 aliphatic heterocycles. The van der Waals surface area contributed by atoms with Crippen molar-refractivity contribution in [2.45, 2.75) is 96.1 Å². The summed E-state index contributed by atoms with van der Waals surface area (Å²) in [6, 6.07) is -0.819. The fraction of sp³-hybridized carbons (Fsp3) is 0.857. The molecule has 9 nitrogen and oxygen atoms in total. The Kier molecular flexibility index (Phi) is 26.9. The van der Waals surface area contributed by atoms with E-state index in [4.69, 9.17) is 26.7 Å². The number of hydrogen-bond acceptors (Lipinski definition) is 7. The van der Waals surface area contributed by atoms with Gasteiger partial charge in [0.05, 0.1) is 0 Å². The molecular weight excluding hydrogens is 459 g/mol. The minimum atomic E-state index is -1.07. The summed E-state index contributed by atoms with van der Waals surface area (Å²) >= 11 is 0. The van der Waals surface area contributed by atoms with Crippen molar-refractivity contribution in [3.63, 3.8) is 0 Å². The van der Waals surface area contributed by atoms with E-state index in [2.05, 4.69) is 11.9 Å². The lowest BCUT2D eigenvalue weighted by Crippen LogP contribution is -2.35. The SMILES string of the molecule is CCCCCCCCCCCC(=O)OCC(O)COC(=O)C(N)CCCN=C(N)N.Cl.Cl. The number of hydrogen-bond donors (Lipinski definition) is 4. The van der Waals surface area contributed by atoms with Gasteiger partial charge in [0, 0.05) is 13.0 Å². The molecule has 0 aromatic heterocycles. The number of esters is 2. The highest BCUT2D eigenvalue weighted by atomic mass is 35.5. The number of carbonyl (C=O) groups excluding carboxylic acids is 2. The van der Waals surface area contributed by atoms with Crippen LogP contribution in [0.15, 0.2) is 4.99 Å². The molecule has 32 heavy (non-hydrogen) atoms. The van der Waals surface area contributed by atoms with Gasteiger partial charge in [-0.15, -0.1) is 24.8 Å². The number of halogens is 2. The fourth-order valence-corrected chi connectivity index (χ4v) is 2.81. The van der Waals surface area contributed by atoms with Gasteiger partial charge in [-0.05, 0) is 19.3 Å². The smallest absolute Gasteiger partial charge is 0.323 e. The summed E-state index contributed by atoms with van der Waals surface area (Å²) in [4.78, 5) is 27.3. The van der Waals surface area contributed by atoms with Crippen molar-refractivity contribution >= 4 is 42.7 Å². The molecule has 0 radical (unpaired) electrons.